The van der Waals surface area contributed by atoms with Crippen molar-refractivity contribution in [1.82, 2.24) is 15.1 Å². The first-order chi connectivity index (χ1) is 10.9. The Morgan fingerprint density at radius 1 is 1.26 bits per heavy atom. The zero-order valence-electron chi connectivity index (χ0n) is 13.1. The summed E-state index contributed by atoms with van der Waals surface area (Å²) in [6, 6.07) is 6.33. The number of benzene rings is 1. The second kappa shape index (κ2) is 7.04. The highest BCUT2D eigenvalue weighted by molar-refractivity contribution is 6.01. The summed E-state index contributed by atoms with van der Waals surface area (Å²) in [6.45, 7) is 4.29. The quantitative estimate of drug-likeness (QED) is 0.835. The van der Waals surface area contributed by atoms with Gasteiger partial charge in [-0.15, -0.1) is 0 Å². The molecule has 0 atom stereocenters. The molecule has 2 N–H and O–H groups in total. The molecule has 2 rings (SSSR count). The van der Waals surface area contributed by atoms with E-state index < -0.39 is 11.5 Å². The third-order valence-electron chi connectivity index (χ3n) is 3.41. The molecule has 7 nitrogen and oxygen atoms in total. The molecule has 7 heteroatoms. The highest BCUT2D eigenvalue weighted by Crippen LogP contribution is 2.12. The van der Waals surface area contributed by atoms with Gasteiger partial charge in [-0.25, -0.2) is 9.48 Å². The zero-order valence-corrected chi connectivity index (χ0v) is 13.1. The molecule has 0 aliphatic carbocycles. The molecule has 0 bridgehead atoms. The van der Waals surface area contributed by atoms with Crippen molar-refractivity contribution in [2.75, 3.05) is 6.54 Å². The van der Waals surface area contributed by atoms with E-state index in [0.29, 0.717) is 12.5 Å². The van der Waals surface area contributed by atoms with Crippen LogP contribution < -0.4 is 10.9 Å². The van der Waals surface area contributed by atoms with Gasteiger partial charge in [0.05, 0.1) is 5.39 Å². The molecule has 0 saturated heterocycles. The molecule has 1 aromatic heterocycles. The molecule has 1 amide bonds. The molecule has 1 heterocycles. The van der Waals surface area contributed by atoms with E-state index in [-0.39, 0.29) is 28.9 Å². The number of nitrogens with one attached hydrogen (secondary N) is 1. The summed E-state index contributed by atoms with van der Waals surface area (Å²) in [5.74, 6) is -1.16. The molecule has 0 unspecified atom stereocenters. The fraction of sp³-hybridized carbons (Fsp3) is 0.375. The first kappa shape index (κ1) is 16.7. The topological polar surface area (TPSA) is 101 Å². The van der Waals surface area contributed by atoms with Crippen LogP contribution in [0.4, 0.5) is 0 Å². The SMILES string of the molecule is CC(C)CCNC(=O)Cn1nc(C(=O)O)c2ccccc2c1=O. The number of aromatic carboxylic acids is 1. The molecule has 0 aliphatic rings. The third kappa shape index (κ3) is 3.94. The van der Waals surface area contributed by atoms with E-state index in [2.05, 4.69) is 10.4 Å². The van der Waals surface area contributed by atoms with Crippen LogP contribution in [0.3, 0.4) is 0 Å². The van der Waals surface area contributed by atoms with Crippen LogP contribution in [0.2, 0.25) is 0 Å². The number of amides is 1. The average molecular weight is 317 g/mol. The Balaban J connectivity index is 2.31. The van der Waals surface area contributed by atoms with Crippen LogP contribution in [0.1, 0.15) is 30.8 Å². The third-order valence-corrected chi connectivity index (χ3v) is 3.41. The van der Waals surface area contributed by atoms with E-state index in [9.17, 15) is 19.5 Å². The number of rotatable bonds is 6. The Labute approximate surface area is 132 Å². The summed E-state index contributed by atoms with van der Waals surface area (Å²) in [5, 5.41) is 16.3. The van der Waals surface area contributed by atoms with Crippen LogP contribution in [-0.4, -0.2) is 33.3 Å². The molecular weight excluding hydrogens is 298 g/mol. The van der Waals surface area contributed by atoms with Crippen molar-refractivity contribution in [1.29, 1.82) is 0 Å². The first-order valence-corrected chi connectivity index (χ1v) is 7.40. The summed E-state index contributed by atoms with van der Waals surface area (Å²) in [5.41, 5.74) is -0.722. The van der Waals surface area contributed by atoms with E-state index in [0.717, 1.165) is 11.1 Å². The monoisotopic (exact) mass is 317 g/mol. The number of nitrogens with zero attached hydrogens (tertiary/aromatic N) is 2. The molecule has 0 saturated carbocycles. The van der Waals surface area contributed by atoms with Crippen LogP contribution in [-0.2, 0) is 11.3 Å². The lowest BCUT2D eigenvalue weighted by Crippen LogP contribution is -2.35. The van der Waals surface area contributed by atoms with Crippen LogP contribution in [0.5, 0.6) is 0 Å². The van der Waals surface area contributed by atoms with Gasteiger partial charge < -0.3 is 10.4 Å². The van der Waals surface area contributed by atoms with Gasteiger partial charge in [0.15, 0.2) is 5.69 Å². The van der Waals surface area contributed by atoms with E-state index in [1.165, 1.54) is 12.1 Å². The fourth-order valence-electron chi connectivity index (χ4n) is 2.19. The van der Waals surface area contributed by atoms with Gasteiger partial charge in [0.25, 0.3) is 5.56 Å². The Morgan fingerprint density at radius 2 is 1.91 bits per heavy atom. The van der Waals surface area contributed by atoms with E-state index in [1.54, 1.807) is 12.1 Å². The predicted molar refractivity (Wildman–Crippen MR) is 85.4 cm³/mol. The number of carbonyl (C=O) groups excluding carboxylic acids is 1. The van der Waals surface area contributed by atoms with Crippen LogP contribution in [0, 0.1) is 5.92 Å². The number of carbonyl (C=O) groups is 2. The van der Waals surface area contributed by atoms with Crippen molar-refractivity contribution in [2.24, 2.45) is 5.92 Å². The lowest BCUT2D eigenvalue weighted by Gasteiger charge is -2.10. The number of fused-ring (bicyclic) bond motifs is 1. The van der Waals surface area contributed by atoms with E-state index in [1.807, 2.05) is 13.8 Å². The summed E-state index contributed by atoms with van der Waals surface area (Å²) >= 11 is 0. The number of hydrogen-bond acceptors (Lipinski definition) is 4. The maximum absolute atomic E-state index is 12.3. The van der Waals surface area contributed by atoms with Gasteiger partial charge in [-0.3, -0.25) is 9.59 Å². The molecule has 23 heavy (non-hydrogen) atoms. The molecule has 0 aliphatic heterocycles. The second-order valence-electron chi connectivity index (χ2n) is 5.69. The number of carboxylic acids is 1. The maximum Gasteiger partial charge on any atom is 0.357 e. The zero-order chi connectivity index (χ0) is 17.0. The van der Waals surface area contributed by atoms with Crippen molar-refractivity contribution >= 4 is 22.6 Å². The highest BCUT2D eigenvalue weighted by Gasteiger charge is 2.16. The largest absolute Gasteiger partial charge is 0.476 e. The Kier molecular flexibility index (Phi) is 5.10. The Morgan fingerprint density at radius 3 is 2.52 bits per heavy atom. The lowest BCUT2D eigenvalue weighted by molar-refractivity contribution is -0.121. The van der Waals surface area contributed by atoms with Gasteiger partial charge >= 0.3 is 5.97 Å². The minimum Gasteiger partial charge on any atom is -0.476 e. The molecule has 0 fully saturated rings. The van der Waals surface area contributed by atoms with Gasteiger partial charge in [0, 0.05) is 11.9 Å². The average Bonchev–Trinajstić information content (AvgIpc) is 2.49. The minimum absolute atomic E-state index is 0.231. The van der Waals surface area contributed by atoms with Gasteiger partial charge in [-0.05, 0) is 18.4 Å². The van der Waals surface area contributed by atoms with Crippen molar-refractivity contribution in [2.45, 2.75) is 26.8 Å². The van der Waals surface area contributed by atoms with Gasteiger partial charge in [-0.1, -0.05) is 32.0 Å². The van der Waals surface area contributed by atoms with E-state index >= 15 is 0 Å². The molecule has 0 spiro atoms. The number of carboxylic acid groups (broad SMARTS) is 1. The van der Waals surface area contributed by atoms with Crippen molar-refractivity contribution in [3.63, 3.8) is 0 Å². The van der Waals surface area contributed by atoms with Crippen LogP contribution in [0.15, 0.2) is 29.1 Å². The Hall–Kier alpha value is -2.70. The summed E-state index contributed by atoms with van der Waals surface area (Å²) in [4.78, 5) is 35.6. The summed E-state index contributed by atoms with van der Waals surface area (Å²) in [6.07, 6.45) is 0.826. The molecular formula is C16H19N3O4. The van der Waals surface area contributed by atoms with Crippen molar-refractivity contribution in [3.8, 4) is 0 Å². The lowest BCUT2D eigenvalue weighted by atomic mass is 10.1. The van der Waals surface area contributed by atoms with Crippen molar-refractivity contribution < 1.29 is 14.7 Å². The van der Waals surface area contributed by atoms with Crippen LogP contribution in [0.25, 0.3) is 10.8 Å². The van der Waals surface area contributed by atoms with E-state index in [4.69, 9.17) is 0 Å². The van der Waals surface area contributed by atoms with Gasteiger partial charge in [0.1, 0.15) is 6.54 Å². The summed E-state index contributed by atoms with van der Waals surface area (Å²) < 4.78 is 0.899. The normalized spacial score (nSPS) is 10.9. The molecule has 122 valence electrons. The van der Waals surface area contributed by atoms with Crippen LogP contribution >= 0.6 is 0 Å². The molecule has 1 aromatic carbocycles. The molecule has 0 radical (unpaired) electrons. The standard InChI is InChI=1S/C16H19N3O4/c1-10(2)7-8-17-13(20)9-19-15(21)12-6-4-3-5-11(12)14(18-19)16(22)23/h3-6,10H,7-9H2,1-2H3,(H,17,20)(H,22,23). The maximum atomic E-state index is 12.3. The smallest absolute Gasteiger partial charge is 0.357 e. The van der Waals surface area contributed by atoms with Gasteiger partial charge in [0.2, 0.25) is 5.91 Å². The second-order valence-corrected chi connectivity index (χ2v) is 5.69. The highest BCUT2D eigenvalue weighted by atomic mass is 16.4. The number of aromatic nitrogens is 2. The molecule has 2 aromatic rings. The Bertz CT molecular complexity index is 796. The van der Waals surface area contributed by atoms with Crippen molar-refractivity contribution in [3.05, 3.63) is 40.3 Å². The minimum atomic E-state index is -1.24. The fourth-order valence-corrected chi connectivity index (χ4v) is 2.19. The predicted octanol–water partition coefficient (Wildman–Crippen LogP) is 1.26. The van der Waals surface area contributed by atoms with Gasteiger partial charge in [-0.2, -0.15) is 5.10 Å². The summed E-state index contributed by atoms with van der Waals surface area (Å²) in [7, 11) is 0. The number of hydrogen-bond donors (Lipinski definition) is 2. The first-order valence-electron chi connectivity index (χ1n) is 7.40.